The summed E-state index contributed by atoms with van der Waals surface area (Å²) in [4.78, 5) is 10.4. The highest BCUT2D eigenvalue weighted by Gasteiger charge is 2.29. The van der Waals surface area contributed by atoms with E-state index in [9.17, 15) is 17.6 Å². The zero-order valence-corrected chi connectivity index (χ0v) is 12.6. The first-order valence-electron chi connectivity index (χ1n) is 5.35. The molecule has 1 atom stereocenters. The molecule has 1 aromatic rings. The van der Waals surface area contributed by atoms with Crippen LogP contribution < -0.4 is 4.72 Å². The van der Waals surface area contributed by atoms with Gasteiger partial charge in [0.25, 0.3) is 0 Å². The fourth-order valence-electron chi connectivity index (χ4n) is 1.40. The van der Waals surface area contributed by atoms with Gasteiger partial charge >= 0.3 is 5.97 Å². The fraction of sp³-hybridized carbons (Fsp3) is 0.364. The average molecular weight is 354 g/mol. The molecule has 0 radical (unpaired) electrons. The highest BCUT2D eigenvalue weighted by Crippen LogP contribution is 2.20. The number of carboxylic acids is 1. The van der Waals surface area contributed by atoms with Gasteiger partial charge in [0.2, 0.25) is 10.0 Å². The summed E-state index contributed by atoms with van der Waals surface area (Å²) in [5, 5.41) is 8.94. The van der Waals surface area contributed by atoms with Crippen molar-refractivity contribution in [3.05, 3.63) is 28.5 Å². The number of rotatable bonds is 5. The van der Waals surface area contributed by atoms with Crippen molar-refractivity contribution >= 4 is 31.9 Å². The van der Waals surface area contributed by atoms with E-state index in [1.54, 1.807) is 13.8 Å². The average Bonchev–Trinajstić information content (AvgIpc) is 2.24. The Balaban J connectivity index is 3.14. The van der Waals surface area contributed by atoms with Crippen molar-refractivity contribution in [1.82, 2.24) is 4.72 Å². The minimum atomic E-state index is -4.22. The number of carboxylic acid groups (broad SMARTS) is 1. The number of halogens is 2. The summed E-state index contributed by atoms with van der Waals surface area (Å²) in [6.45, 7) is 3.11. The van der Waals surface area contributed by atoms with E-state index >= 15 is 0 Å². The molecule has 0 saturated heterocycles. The molecule has 8 heteroatoms. The molecule has 0 unspecified atom stereocenters. The van der Waals surface area contributed by atoms with Crippen LogP contribution >= 0.6 is 15.9 Å². The molecule has 106 valence electrons. The monoisotopic (exact) mass is 353 g/mol. The Kier molecular flexibility index (Phi) is 5.05. The van der Waals surface area contributed by atoms with Crippen molar-refractivity contribution in [3.8, 4) is 0 Å². The van der Waals surface area contributed by atoms with Crippen molar-refractivity contribution in [2.75, 3.05) is 0 Å². The number of benzene rings is 1. The molecule has 19 heavy (non-hydrogen) atoms. The molecule has 0 aliphatic carbocycles. The van der Waals surface area contributed by atoms with Crippen molar-refractivity contribution in [2.45, 2.75) is 24.8 Å². The first-order chi connectivity index (χ1) is 8.65. The molecule has 5 nitrogen and oxygen atoms in total. The van der Waals surface area contributed by atoms with Crippen LogP contribution in [-0.2, 0) is 14.8 Å². The van der Waals surface area contributed by atoms with Gasteiger partial charge in [0.15, 0.2) is 0 Å². The zero-order valence-electron chi connectivity index (χ0n) is 10.2. The third kappa shape index (κ3) is 3.99. The molecule has 0 spiro atoms. The van der Waals surface area contributed by atoms with E-state index in [0.717, 1.165) is 12.1 Å². The first kappa shape index (κ1) is 16.1. The van der Waals surface area contributed by atoms with E-state index in [1.807, 2.05) is 4.72 Å². The van der Waals surface area contributed by atoms with Crippen LogP contribution in [-0.4, -0.2) is 25.5 Å². The van der Waals surface area contributed by atoms with Crippen LogP contribution in [0.5, 0.6) is 0 Å². The Morgan fingerprint density at radius 3 is 2.42 bits per heavy atom. The summed E-state index contributed by atoms with van der Waals surface area (Å²) >= 11 is 3.01. The molecule has 0 aromatic heterocycles. The Bertz CT molecular complexity index is 588. The van der Waals surface area contributed by atoms with Crippen LogP contribution in [0.25, 0.3) is 0 Å². The fourth-order valence-corrected chi connectivity index (χ4v) is 3.13. The highest BCUT2D eigenvalue weighted by molar-refractivity contribution is 9.10. The van der Waals surface area contributed by atoms with Crippen molar-refractivity contribution in [3.63, 3.8) is 0 Å². The Morgan fingerprint density at radius 1 is 1.42 bits per heavy atom. The topological polar surface area (TPSA) is 83.5 Å². The maximum absolute atomic E-state index is 13.6. The highest BCUT2D eigenvalue weighted by atomic mass is 79.9. The summed E-state index contributed by atoms with van der Waals surface area (Å²) < 4.78 is 39.9. The third-order valence-electron chi connectivity index (χ3n) is 2.40. The summed E-state index contributed by atoms with van der Waals surface area (Å²) in [5.74, 6) is -2.73. The van der Waals surface area contributed by atoms with Gasteiger partial charge in [-0.2, -0.15) is 4.72 Å². The minimum absolute atomic E-state index is 0.391. The van der Waals surface area contributed by atoms with E-state index in [-0.39, 0.29) is 0 Å². The Morgan fingerprint density at radius 2 is 2.00 bits per heavy atom. The second kappa shape index (κ2) is 5.98. The predicted octanol–water partition coefficient (Wildman–Crippen LogP) is 1.98. The molecule has 0 aliphatic heterocycles. The van der Waals surface area contributed by atoms with E-state index < -0.39 is 38.7 Å². The first-order valence-corrected chi connectivity index (χ1v) is 7.63. The van der Waals surface area contributed by atoms with Crippen LogP contribution in [0.1, 0.15) is 13.8 Å². The number of nitrogens with one attached hydrogen (secondary N) is 1. The van der Waals surface area contributed by atoms with Crippen LogP contribution in [0.15, 0.2) is 27.6 Å². The summed E-state index contributed by atoms with van der Waals surface area (Å²) in [6.07, 6.45) is 0. The largest absolute Gasteiger partial charge is 0.480 e. The van der Waals surface area contributed by atoms with E-state index in [1.165, 1.54) is 6.07 Å². The normalized spacial score (nSPS) is 13.5. The van der Waals surface area contributed by atoms with Gasteiger partial charge in [-0.15, -0.1) is 0 Å². The van der Waals surface area contributed by atoms with Crippen molar-refractivity contribution < 1.29 is 22.7 Å². The summed E-state index contributed by atoms with van der Waals surface area (Å²) in [7, 11) is -4.22. The number of hydrogen-bond donors (Lipinski definition) is 2. The number of sulfonamides is 1. The van der Waals surface area contributed by atoms with Crippen molar-refractivity contribution in [1.29, 1.82) is 0 Å². The van der Waals surface area contributed by atoms with E-state index in [4.69, 9.17) is 5.11 Å². The number of aliphatic carboxylic acids is 1. The second-order valence-corrected chi connectivity index (χ2v) is 6.85. The smallest absolute Gasteiger partial charge is 0.322 e. The standard InChI is InChI=1S/C11H13BrFNO4S/c1-6(2)10(11(15)16)14-19(17,18)9-4-3-7(12)5-8(9)13/h3-6,10,14H,1-2H3,(H,15,16)/t10-/m1/s1. The molecular formula is C11H13BrFNO4S. The van der Waals surface area contributed by atoms with Crippen LogP contribution in [0.3, 0.4) is 0 Å². The molecule has 1 rings (SSSR count). The second-order valence-electron chi connectivity index (χ2n) is 4.26. The van der Waals surface area contributed by atoms with Gasteiger partial charge < -0.3 is 5.11 Å². The zero-order chi connectivity index (χ0) is 14.8. The molecule has 0 bridgehead atoms. The van der Waals surface area contributed by atoms with Gasteiger partial charge in [-0.1, -0.05) is 29.8 Å². The lowest BCUT2D eigenvalue weighted by Crippen LogP contribution is -2.44. The maximum Gasteiger partial charge on any atom is 0.322 e. The summed E-state index contributed by atoms with van der Waals surface area (Å²) in [6, 6.07) is 2.12. The third-order valence-corrected chi connectivity index (χ3v) is 4.37. The van der Waals surface area contributed by atoms with Crippen LogP contribution in [0.4, 0.5) is 4.39 Å². The molecule has 0 saturated carbocycles. The Hall–Kier alpha value is -0.990. The molecule has 0 heterocycles. The van der Waals surface area contributed by atoms with E-state index in [2.05, 4.69) is 15.9 Å². The van der Waals surface area contributed by atoms with Gasteiger partial charge in [0, 0.05) is 4.47 Å². The maximum atomic E-state index is 13.6. The molecule has 1 aromatic carbocycles. The molecule has 0 amide bonds. The molecular weight excluding hydrogens is 341 g/mol. The van der Waals surface area contributed by atoms with Crippen LogP contribution in [0, 0.1) is 11.7 Å². The molecule has 0 fully saturated rings. The quantitative estimate of drug-likeness (QED) is 0.847. The van der Waals surface area contributed by atoms with Crippen LogP contribution in [0.2, 0.25) is 0 Å². The lowest BCUT2D eigenvalue weighted by Gasteiger charge is -2.18. The van der Waals surface area contributed by atoms with Gasteiger partial charge in [0.05, 0.1) is 0 Å². The molecule has 0 aliphatic rings. The van der Waals surface area contributed by atoms with E-state index in [0.29, 0.717) is 4.47 Å². The number of carbonyl (C=O) groups is 1. The number of hydrogen-bond acceptors (Lipinski definition) is 3. The molecule has 2 N–H and O–H groups in total. The van der Waals surface area contributed by atoms with Gasteiger partial charge in [-0.3, -0.25) is 4.79 Å². The minimum Gasteiger partial charge on any atom is -0.480 e. The SMILES string of the molecule is CC(C)[C@@H](NS(=O)(=O)c1ccc(Br)cc1F)C(=O)O. The van der Waals surface area contributed by atoms with Crippen molar-refractivity contribution in [2.24, 2.45) is 5.92 Å². The summed E-state index contributed by atoms with van der Waals surface area (Å²) in [5.41, 5.74) is 0. The lowest BCUT2D eigenvalue weighted by molar-refractivity contribution is -0.140. The lowest BCUT2D eigenvalue weighted by atomic mass is 10.1. The predicted molar refractivity (Wildman–Crippen MR) is 70.7 cm³/mol. The van der Waals surface area contributed by atoms with Gasteiger partial charge in [-0.25, -0.2) is 12.8 Å². The Labute approximate surface area is 119 Å². The van der Waals surface area contributed by atoms with Gasteiger partial charge in [-0.05, 0) is 24.1 Å². The van der Waals surface area contributed by atoms with Gasteiger partial charge in [0.1, 0.15) is 16.8 Å².